The number of aliphatic hydroxyl groups excluding tert-OH is 1. The molecule has 47 heavy (non-hydrogen) atoms. The third-order valence-electron chi connectivity index (χ3n) is 7.83. The van der Waals surface area contributed by atoms with Gasteiger partial charge in [-0.3, -0.25) is 46.8 Å². The van der Waals surface area contributed by atoms with Gasteiger partial charge in [-0.2, -0.15) is 9.97 Å². The summed E-state index contributed by atoms with van der Waals surface area (Å²) in [6.07, 6.45) is -5.95. The quantitative estimate of drug-likeness (QED) is 0.0996. The van der Waals surface area contributed by atoms with E-state index in [9.17, 15) is 33.6 Å². The van der Waals surface area contributed by atoms with Gasteiger partial charge in [0.2, 0.25) is 11.9 Å². The summed E-state index contributed by atoms with van der Waals surface area (Å²) in [5.41, 5.74) is 16.1. The number of aliphatic hydroxyl groups is 1. The van der Waals surface area contributed by atoms with Gasteiger partial charge in [-0.15, -0.1) is 0 Å². The lowest BCUT2D eigenvalue weighted by atomic mass is 10.0. The second kappa shape index (κ2) is 11.5. The molecule has 4 aromatic heterocycles. The van der Waals surface area contributed by atoms with E-state index >= 15 is 0 Å². The first-order chi connectivity index (χ1) is 22.2. The lowest BCUT2D eigenvalue weighted by Gasteiger charge is -2.28. The maximum absolute atomic E-state index is 13.3. The molecule has 254 valence electrons. The number of imidazole rings is 2. The van der Waals surface area contributed by atoms with Crippen LogP contribution in [-0.4, -0.2) is 104 Å². The Labute approximate surface area is 260 Å². The number of fused-ring (bicyclic) bond motifs is 4. The first-order valence-corrected chi connectivity index (χ1v) is 16.7. The van der Waals surface area contributed by atoms with Crippen LogP contribution in [0.2, 0.25) is 0 Å². The van der Waals surface area contributed by atoms with Crippen LogP contribution in [-0.2, 0) is 36.7 Å². The van der Waals surface area contributed by atoms with E-state index in [1.807, 2.05) is 0 Å². The van der Waals surface area contributed by atoms with E-state index in [0.29, 0.717) is 0 Å². The lowest BCUT2D eigenvalue weighted by Crippen LogP contribution is -2.42. The lowest BCUT2D eigenvalue weighted by molar-refractivity contribution is -0.0662. The standard InChI is InChI=1S/C21H27N11O13P2/c22-9-13-8(43-19(9)32-5-26-11-15(32)28-21(24)30-17(11)35)3-41-46(36,37)44-12-6(1-33)18(42-7(12)2-40-47(38,39)45-13)31-4-25-10-14(31)27-20(23)29-16(10)34/h4-9,12-13,18-19,33H,1-3,22H2,(H,36,37)(H,38,39)(H3,23,27,29,34)(H3,24,28,30,35). The second-order valence-electron chi connectivity index (χ2n) is 10.8. The number of nitrogens with two attached hydrogens (primary N) is 3. The van der Waals surface area contributed by atoms with Crippen molar-refractivity contribution in [2.24, 2.45) is 11.7 Å². The fourth-order valence-electron chi connectivity index (χ4n) is 5.78. The first-order valence-electron chi connectivity index (χ1n) is 13.7. The molecule has 3 aliphatic heterocycles. The number of aromatic amines is 2. The molecule has 10 atom stereocenters. The molecule has 0 saturated carbocycles. The van der Waals surface area contributed by atoms with Crippen LogP contribution in [0.4, 0.5) is 11.9 Å². The Morgan fingerprint density at radius 3 is 1.83 bits per heavy atom. The highest BCUT2D eigenvalue weighted by Crippen LogP contribution is 2.54. The number of rotatable bonds is 3. The number of nitrogens with one attached hydrogen (secondary N) is 2. The summed E-state index contributed by atoms with van der Waals surface area (Å²) >= 11 is 0. The molecule has 26 heteroatoms. The largest absolute Gasteiger partial charge is 0.472 e. The molecular formula is C21H27N11O13P2. The molecule has 0 aliphatic carbocycles. The van der Waals surface area contributed by atoms with Crippen LogP contribution in [0.5, 0.6) is 0 Å². The van der Waals surface area contributed by atoms with Crippen molar-refractivity contribution in [3.63, 3.8) is 0 Å². The van der Waals surface area contributed by atoms with Crippen LogP contribution >= 0.6 is 15.6 Å². The zero-order chi connectivity index (χ0) is 33.4. The number of aromatic nitrogens is 8. The second-order valence-corrected chi connectivity index (χ2v) is 13.6. The average Bonchev–Trinajstić information content (AvgIpc) is 3.75. The number of phosphoric ester groups is 2. The normalized spacial score (nSPS) is 36.6. The fourth-order valence-corrected chi connectivity index (χ4v) is 7.76. The number of nitrogen functional groups attached to an aromatic ring is 2. The molecule has 10 unspecified atom stereocenters. The van der Waals surface area contributed by atoms with Gasteiger partial charge in [-0.25, -0.2) is 19.1 Å². The van der Waals surface area contributed by atoms with Gasteiger partial charge in [-0.05, 0) is 0 Å². The number of hydrogen-bond acceptors (Lipinski definition) is 18. The summed E-state index contributed by atoms with van der Waals surface area (Å²) in [7, 11) is -10.0. The zero-order valence-corrected chi connectivity index (χ0v) is 25.4. The molecule has 0 amide bonds. The Kier molecular flexibility index (Phi) is 7.82. The number of phosphoric acid groups is 2. The molecule has 24 nitrogen and oxygen atoms in total. The van der Waals surface area contributed by atoms with Crippen molar-refractivity contribution >= 4 is 49.9 Å². The summed E-state index contributed by atoms with van der Waals surface area (Å²) in [5.74, 6) is -1.65. The van der Waals surface area contributed by atoms with Crippen LogP contribution in [0, 0.1) is 5.92 Å². The number of nitrogens with zero attached hydrogens (tertiary/aromatic N) is 6. The van der Waals surface area contributed by atoms with Crippen molar-refractivity contribution in [3.8, 4) is 0 Å². The predicted molar refractivity (Wildman–Crippen MR) is 153 cm³/mol. The summed E-state index contributed by atoms with van der Waals surface area (Å²) in [4.78, 5) is 66.7. The van der Waals surface area contributed by atoms with Crippen molar-refractivity contribution in [3.05, 3.63) is 33.4 Å². The smallest absolute Gasteiger partial charge is 0.396 e. The highest BCUT2D eigenvalue weighted by molar-refractivity contribution is 7.47. The number of H-pyrrole nitrogens is 2. The molecule has 7 heterocycles. The molecule has 0 aromatic carbocycles. The maximum Gasteiger partial charge on any atom is 0.472 e. The van der Waals surface area contributed by atoms with E-state index in [4.69, 9.17) is 44.8 Å². The van der Waals surface area contributed by atoms with Crippen molar-refractivity contribution < 1.29 is 51.6 Å². The molecule has 3 aliphatic rings. The van der Waals surface area contributed by atoms with E-state index < -0.39 is 95.4 Å². The summed E-state index contributed by atoms with van der Waals surface area (Å²) < 4.78 is 62.1. The molecule has 0 spiro atoms. The number of ether oxygens (including phenoxy) is 2. The van der Waals surface area contributed by atoms with Crippen LogP contribution in [0.15, 0.2) is 22.2 Å². The van der Waals surface area contributed by atoms with Gasteiger partial charge < -0.3 is 41.6 Å². The number of anilines is 2. The van der Waals surface area contributed by atoms with Gasteiger partial charge in [0, 0.05) is 0 Å². The average molecular weight is 703 g/mol. The Morgan fingerprint density at radius 1 is 0.830 bits per heavy atom. The zero-order valence-electron chi connectivity index (χ0n) is 23.6. The van der Waals surface area contributed by atoms with Gasteiger partial charge >= 0.3 is 15.6 Å². The molecule has 0 radical (unpaired) electrons. The highest BCUT2D eigenvalue weighted by atomic mass is 31.2. The Hall–Kier alpha value is -3.64. The molecule has 3 saturated heterocycles. The molecular weight excluding hydrogens is 676 g/mol. The summed E-state index contributed by atoms with van der Waals surface area (Å²) in [6, 6.07) is -1.29. The van der Waals surface area contributed by atoms with Crippen LogP contribution in [0.25, 0.3) is 22.3 Å². The van der Waals surface area contributed by atoms with E-state index in [1.54, 1.807) is 0 Å². The molecule has 3 fully saturated rings. The first kappa shape index (κ1) is 31.9. The van der Waals surface area contributed by atoms with Crippen LogP contribution < -0.4 is 28.3 Å². The molecule has 0 bridgehead atoms. The Morgan fingerprint density at radius 2 is 1.30 bits per heavy atom. The minimum absolute atomic E-state index is 0.0349. The summed E-state index contributed by atoms with van der Waals surface area (Å²) in [5, 5.41) is 10.3. The van der Waals surface area contributed by atoms with Crippen LogP contribution in [0.3, 0.4) is 0 Å². The van der Waals surface area contributed by atoms with Gasteiger partial charge in [0.05, 0.1) is 44.4 Å². The molecule has 7 rings (SSSR count). The van der Waals surface area contributed by atoms with E-state index in [0.717, 1.165) is 0 Å². The minimum Gasteiger partial charge on any atom is -0.396 e. The third-order valence-corrected chi connectivity index (χ3v) is 9.80. The van der Waals surface area contributed by atoms with Gasteiger partial charge in [0.25, 0.3) is 11.1 Å². The van der Waals surface area contributed by atoms with Gasteiger partial charge in [-0.1, -0.05) is 0 Å². The molecule has 11 N–H and O–H groups in total. The maximum atomic E-state index is 13.3. The monoisotopic (exact) mass is 703 g/mol. The van der Waals surface area contributed by atoms with Gasteiger partial charge in [0.1, 0.15) is 30.6 Å². The topological polar surface area (TPSA) is 355 Å². The Bertz CT molecular complexity index is 2070. The summed E-state index contributed by atoms with van der Waals surface area (Å²) in [6.45, 7) is -2.26. The van der Waals surface area contributed by atoms with Crippen molar-refractivity contribution in [1.29, 1.82) is 0 Å². The predicted octanol–water partition coefficient (Wildman–Crippen LogP) is -2.83. The van der Waals surface area contributed by atoms with E-state index in [-0.39, 0.29) is 34.2 Å². The third kappa shape index (κ3) is 5.67. The van der Waals surface area contributed by atoms with Crippen molar-refractivity contribution in [1.82, 2.24) is 39.0 Å². The van der Waals surface area contributed by atoms with Crippen molar-refractivity contribution in [2.75, 3.05) is 31.3 Å². The fraction of sp³-hybridized carbons (Fsp3) is 0.524. The molecule has 4 aromatic rings. The minimum atomic E-state index is -5.02. The SMILES string of the molecule is Nc1nc2c(ncn2C2OC3COP(=O)(O)OC4C(COP(=O)(O)OC3C2N)OC(n2cnc3c(=O)[nH]c(N)nc32)C4CO)c(=O)[nH]1. The van der Waals surface area contributed by atoms with Crippen molar-refractivity contribution in [2.45, 2.75) is 42.9 Å². The van der Waals surface area contributed by atoms with Crippen LogP contribution in [0.1, 0.15) is 12.5 Å². The van der Waals surface area contributed by atoms with Gasteiger partial charge in [0.15, 0.2) is 28.6 Å². The number of hydrogen-bond donors (Lipinski definition) is 8. The highest BCUT2D eigenvalue weighted by Gasteiger charge is 2.53. The van der Waals surface area contributed by atoms with E-state index in [2.05, 4.69) is 29.9 Å². The Balaban J connectivity index is 1.19. The van der Waals surface area contributed by atoms with E-state index in [1.165, 1.54) is 21.8 Å².